The number of nitrogens with zero attached hydrogens (tertiary/aromatic N) is 2. The van der Waals surface area contributed by atoms with Crippen LogP contribution >= 0.6 is 94.1 Å². The molecule has 4 amide bonds. The van der Waals surface area contributed by atoms with Gasteiger partial charge in [0.05, 0.1) is 50.0 Å². The molecule has 4 heterocycles. The van der Waals surface area contributed by atoms with Crippen molar-refractivity contribution in [3.8, 4) is 23.0 Å². The molecule has 9 rings (SSSR count). The zero-order chi connectivity index (χ0) is 67.0. The highest BCUT2D eigenvalue weighted by Crippen LogP contribution is 2.66. The number of likely N-dealkylation sites (N-methyl/N-ethyl adjacent to an activating group) is 2. The zero-order valence-corrected chi connectivity index (χ0v) is 63.9. The normalized spacial score (nSPS) is 16.6. The van der Waals surface area contributed by atoms with Gasteiger partial charge >= 0.3 is 0 Å². The third-order valence-corrected chi connectivity index (χ3v) is 27.8. The lowest BCUT2D eigenvalue weighted by Crippen LogP contribution is -2.34. The second-order valence-corrected chi connectivity index (χ2v) is 36.7. The summed E-state index contributed by atoms with van der Waals surface area (Å²) in [4.78, 5) is 60.2. The third-order valence-electron chi connectivity index (χ3n) is 16.5. The lowest BCUT2D eigenvalue weighted by atomic mass is 9.79. The molecule has 0 aromatic heterocycles. The van der Waals surface area contributed by atoms with Gasteiger partial charge in [-0.2, -0.15) is 0 Å². The highest BCUT2D eigenvalue weighted by Gasteiger charge is 2.34. The van der Waals surface area contributed by atoms with Crippen LogP contribution in [0.4, 0.5) is 0 Å². The number of rotatable bonds is 12. The Kier molecular flexibility index (Phi) is 25.6. The van der Waals surface area contributed by atoms with E-state index in [4.69, 9.17) is 18.9 Å². The lowest BCUT2D eigenvalue weighted by Gasteiger charge is -2.29. The number of hydrogen-bond acceptors (Lipinski definition) is 16. The van der Waals surface area contributed by atoms with Crippen LogP contribution in [0.1, 0.15) is 178 Å². The first kappa shape index (κ1) is 73.8. The van der Waals surface area contributed by atoms with Gasteiger partial charge in [-0.15, -0.1) is 47.0 Å². The molecule has 0 fully saturated rings. The molecule has 0 saturated heterocycles. The van der Waals surface area contributed by atoms with E-state index in [0.717, 1.165) is 79.5 Å². The Balaban J connectivity index is 1.40. The molecule has 4 aromatic rings. The largest absolute Gasteiger partial charge is 0.491 e. The molecule has 20 heteroatoms. The lowest BCUT2D eigenvalue weighted by molar-refractivity contribution is -0.133. The van der Waals surface area contributed by atoms with E-state index in [1.54, 1.807) is 80.4 Å². The van der Waals surface area contributed by atoms with Crippen molar-refractivity contribution in [2.24, 2.45) is 0 Å². The summed E-state index contributed by atoms with van der Waals surface area (Å²) in [5.74, 6) is 2.55. The summed E-state index contributed by atoms with van der Waals surface area (Å²) in [7, 11) is 0. The fourth-order valence-corrected chi connectivity index (χ4v) is 22.0. The molecule has 10 bridgehead atoms. The second kappa shape index (κ2) is 31.9. The van der Waals surface area contributed by atoms with Crippen molar-refractivity contribution >= 4 is 118 Å². The van der Waals surface area contributed by atoms with E-state index in [-0.39, 0.29) is 96.3 Å². The van der Waals surface area contributed by atoms with Crippen LogP contribution in [0, 0.1) is 0 Å². The number of benzene rings is 4. The number of ether oxygens (including phenoxy) is 4. The van der Waals surface area contributed by atoms with Gasteiger partial charge in [0.25, 0.3) is 11.8 Å². The smallest absolute Gasteiger partial charge is 0.260 e. The number of fused-ring (bicyclic) bond motifs is 12. The predicted octanol–water partition coefficient (Wildman–Crippen LogP) is 16.6. The first-order valence-electron chi connectivity index (χ1n) is 32.0. The van der Waals surface area contributed by atoms with Gasteiger partial charge in [-0.05, 0) is 129 Å². The van der Waals surface area contributed by atoms with Gasteiger partial charge in [0.1, 0.15) is 36.2 Å². The van der Waals surface area contributed by atoms with Crippen LogP contribution in [0.2, 0.25) is 0 Å². The van der Waals surface area contributed by atoms with Gasteiger partial charge in [-0.3, -0.25) is 19.2 Å². The highest BCUT2D eigenvalue weighted by atomic mass is 32.3. The SMILES string of the molecule is CCN(CC)C(=O)COc1c2cc(C(C)(C)C)cc1Cc1cc(C(C)(C)C)cc3c1OCCNC(=O)CSC1=C(SCC(=O)NCCOc4c(cc(C(C)(C)C)cc4Cc4cc(C(C)(C)C)cc(c4OCC(=O)N(CC)CC)C3)C2)SC(=C2SC(SC)=C(SC)S2)S1. The standard InChI is InChI=1S/C72H96N4O8S8/c1-19-75(20-2)57(79)39-83-61-47-27-43-31-51(69(5,6)7)33-45-29-49-37-54(72(14,15)16)38-50(62(49)84-40-58(80)76(21-3)22-4)30-46-34-52(70(8,9)10)32-44(28-48(61)36-53(35-47)71(11,12)13)60(46)82-26-24-74-56(78)42-88-66-65(87-41-55(77)73-23-25-81-59(43)45)91-68(92-66)67-89-63(85-17)64(86-18)90-67/h31-38H,19-30,39-42H2,1-18H3,(H,73,77)(H,74,78). The second-order valence-electron chi connectivity index (χ2n) is 27.4. The van der Waals surface area contributed by atoms with Crippen molar-refractivity contribution in [1.82, 2.24) is 20.4 Å². The molecular weight excluding hydrogens is 1310 g/mol. The molecule has 4 aliphatic heterocycles. The number of carbonyl (C=O) groups excluding carboxylic acids is 4. The molecule has 1 aliphatic carbocycles. The Morgan fingerprint density at radius 3 is 1.01 bits per heavy atom. The molecule has 0 spiro atoms. The molecule has 5 aliphatic rings. The van der Waals surface area contributed by atoms with Crippen molar-refractivity contribution in [2.75, 3.05) is 89.7 Å². The summed E-state index contributed by atoms with van der Waals surface area (Å²) in [5.41, 5.74) is 10.5. The van der Waals surface area contributed by atoms with Crippen LogP contribution in [0.25, 0.3) is 0 Å². The van der Waals surface area contributed by atoms with Crippen LogP contribution in [0.15, 0.2) is 74.0 Å². The maximum absolute atomic E-state index is 14.2. The first-order chi connectivity index (χ1) is 43.5. The molecule has 92 heavy (non-hydrogen) atoms. The maximum Gasteiger partial charge on any atom is 0.260 e. The number of hydrogen-bond donors (Lipinski definition) is 2. The minimum Gasteiger partial charge on any atom is -0.491 e. The van der Waals surface area contributed by atoms with Crippen LogP contribution in [0.5, 0.6) is 23.0 Å². The number of thioether (sulfide) groups is 8. The molecule has 0 saturated carbocycles. The van der Waals surface area contributed by atoms with Crippen molar-refractivity contribution in [2.45, 2.75) is 158 Å². The van der Waals surface area contributed by atoms with E-state index in [1.165, 1.54) is 36.2 Å². The van der Waals surface area contributed by atoms with Crippen LogP contribution in [-0.4, -0.2) is 123 Å². The summed E-state index contributed by atoms with van der Waals surface area (Å²) in [6.07, 6.45) is 5.73. The minimum atomic E-state index is -0.315. The Hall–Kier alpha value is -4.02. The van der Waals surface area contributed by atoms with Gasteiger partial charge in [0.2, 0.25) is 11.8 Å². The molecule has 2 N–H and O–H groups in total. The fourth-order valence-electron chi connectivity index (χ4n) is 11.2. The van der Waals surface area contributed by atoms with Gasteiger partial charge in [0.15, 0.2) is 13.2 Å². The fraction of sp³-hybridized carbons (Fsp3) is 0.528. The number of carbonyl (C=O) groups is 4. The van der Waals surface area contributed by atoms with Gasteiger partial charge in [0, 0.05) is 51.9 Å². The topological polar surface area (TPSA) is 136 Å². The Bertz CT molecular complexity index is 3190. The summed E-state index contributed by atoms with van der Waals surface area (Å²) < 4.78 is 35.6. The molecular formula is C72H96N4O8S8. The molecule has 500 valence electrons. The molecule has 0 radical (unpaired) electrons. The van der Waals surface area contributed by atoms with E-state index in [9.17, 15) is 19.2 Å². The average Bonchev–Trinajstić information content (AvgIpc) is 1.00. The predicted molar refractivity (Wildman–Crippen MR) is 399 cm³/mol. The number of nitrogens with one attached hydrogen (secondary N) is 2. The van der Waals surface area contributed by atoms with Gasteiger partial charge in [-0.1, -0.05) is 179 Å². The average molecular weight is 1400 g/mol. The Morgan fingerprint density at radius 1 is 0.457 bits per heavy atom. The van der Waals surface area contributed by atoms with E-state index in [1.807, 2.05) is 27.7 Å². The van der Waals surface area contributed by atoms with Crippen molar-refractivity contribution in [3.05, 3.63) is 141 Å². The van der Waals surface area contributed by atoms with E-state index >= 15 is 0 Å². The molecule has 0 atom stereocenters. The maximum atomic E-state index is 14.2. The first-order valence-corrected chi connectivity index (χ1v) is 39.7. The summed E-state index contributed by atoms with van der Waals surface area (Å²) >= 11 is 13.5. The Morgan fingerprint density at radius 2 is 0.739 bits per heavy atom. The molecule has 4 aromatic carbocycles. The highest BCUT2D eigenvalue weighted by molar-refractivity contribution is 8.45. The molecule has 0 unspecified atom stereocenters. The van der Waals surface area contributed by atoms with Crippen LogP contribution in [-0.2, 0) is 66.5 Å². The molecule has 12 nitrogen and oxygen atoms in total. The van der Waals surface area contributed by atoms with Crippen LogP contribution in [0.3, 0.4) is 0 Å². The zero-order valence-electron chi connectivity index (χ0n) is 57.4. The summed E-state index contributed by atoms with van der Waals surface area (Å²) in [6.45, 7) is 37.4. The Labute approximate surface area is 583 Å². The van der Waals surface area contributed by atoms with E-state index < -0.39 is 0 Å². The monoisotopic (exact) mass is 1400 g/mol. The summed E-state index contributed by atoms with van der Waals surface area (Å²) in [5, 5.41) is 6.41. The summed E-state index contributed by atoms with van der Waals surface area (Å²) in [6, 6.07) is 18.1. The van der Waals surface area contributed by atoms with E-state index in [2.05, 4.69) is 155 Å². The third kappa shape index (κ3) is 18.7. The van der Waals surface area contributed by atoms with Crippen LogP contribution < -0.4 is 29.6 Å². The minimum absolute atomic E-state index is 0.103. The van der Waals surface area contributed by atoms with Crippen molar-refractivity contribution in [1.29, 1.82) is 0 Å². The van der Waals surface area contributed by atoms with Crippen molar-refractivity contribution < 1.29 is 38.1 Å². The van der Waals surface area contributed by atoms with E-state index in [0.29, 0.717) is 74.9 Å². The van der Waals surface area contributed by atoms with Gasteiger partial charge < -0.3 is 39.4 Å². The number of amides is 4. The van der Waals surface area contributed by atoms with Crippen molar-refractivity contribution in [3.63, 3.8) is 0 Å². The quantitative estimate of drug-likeness (QED) is 0.123. The van der Waals surface area contributed by atoms with Gasteiger partial charge in [-0.25, -0.2) is 0 Å².